The van der Waals surface area contributed by atoms with Crippen LogP contribution in [0.5, 0.6) is 0 Å². The number of hydrogen-bond donors (Lipinski definition) is 1. The fourth-order valence-electron chi connectivity index (χ4n) is 7.71. The molecule has 6 aromatic carbocycles. The molecule has 42 heavy (non-hydrogen) atoms. The lowest BCUT2D eigenvalue weighted by molar-refractivity contribution is 0.854. The van der Waals surface area contributed by atoms with Crippen molar-refractivity contribution in [3.05, 3.63) is 151 Å². The number of nitrogens with one attached hydrogen (secondary N) is 1. The van der Waals surface area contributed by atoms with Crippen LogP contribution in [0, 0.1) is 0 Å². The Morgan fingerprint density at radius 2 is 1.26 bits per heavy atom. The molecular weight excluding hydrogens is 529 g/mol. The van der Waals surface area contributed by atoms with Gasteiger partial charge in [0.2, 0.25) is 0 Å². The van der Waals surface area contributed by atoms with E-state index in [0.29, 0.717) is 0 Å². The van der Waals surface area contributed by atoms with Crippen LogP contribution in [0.15, 0.2) is 155 Å². The Balaban J connectivity index is 1.25. The Kier molecular flexibility index (Phi) is 4.35. The Labute approximate surface area is 245 Å². The predicted molar refractivity (Wildman–Crippen MR) is 176 cm³/mol. The number of hydrogen-bond acceptors (Lipinski definition) is 1. The van der Waals surface area contributed by atoms with Gasteiger partial charge in [-0.3, -0.25) is 0 Å². The van der Waals surface area contributed by atoms with Gasteiger partial charge in [-0.1, -0.05) is 91.0 Å². The van der Waals surface area contributed by atoms with Gasteiger partial charge < -0.3 is 9.88 Å². The van der Waals surface area contributed by atoms with Gasteiger partial charge in [0.15, 0.2) is 0 Å². The van der Waals surface area contributed by atoms with Crippen LogP contribution >= 0.6 is 10.0 Å². The first kappa shape index (κ1) is 22.7. The van der Waals surface area contributed by atoms with Crippen molar-refractivity contribution >= 4 is 31.8 Å². The average molecular weight is 555 g/mol. The van der Waals surface area contributed by atoms with Gasteiger partial charge in [0, 0.05) is 32.5 Å². The number of aromatic nitrogens is 1. The van der Waals surface area contributed by atoms with Crippen molar-refractivity contribution in [3.8, 4) is 39.1 Å². The van der Waals surface area contributed by atoms with Crippen molar-refractivity contribution in [3.63, 3.8) is 0 Å². The monoisotopic (exact) mass is 554 g/mol. The summed E-state index contributed by atoms with van der Waals surface area (Å²) in [6.45, 7) is 0. The second kappa shape index (κ2) is 8.06. The standard InChI is InChI=1S/C39H26N2S/c1-3-9-25(10-4-1)26-11-7-12-27(23-26)28-17-20-35-32(24-28)30-18-19-34-37-36-31(39-40-21-22-42(35,39)38(30)37)15-8-16-33(36)41(34)29-13-5-2-6-14-29/h1-24,39-40H. The first-order valence-corrected chi connectivity index (χ1v) is 16.3. The van der Waals surface area contributed by atoms with Gasteiger partial charge in [-0.05, 0) is 86.8 Å². The van der Waals surface area contributed by atoms with Crippen LogP contribution in [0.3, 0.4) is 0 Å². The molecule has 0 bridgehead atoms. The van der Waals surface area contributed by atoms with Crippen LogP contribution in [-0.4, -0.2) is 4.57 Å². The molecule has 1 spiro atoms. The molecular formula is C39H26N2S. The number of fused-ring (bicyclic) bond motifs is 3. The molecule has 0 fully saturated rings. The van der Waals surface area contributed by atoms with Gasteiger partial charge in [-0.25, -0.2) is 0 Å². The summed E-state index contributed by atoms with van der Waals surface area (Å²) in [6.07, 6.45) is 2.23. The fourth-order valence-corrected chi connectivity index (χ4v) is 12.0. The van der Waals surface area contributed by atoms with Crippen molar-refractivity contribution < 1.29 is 0 Å². The highest BCUT2D eigenvalue weighted by molar-refractivity contribution is 8.37. The molecule has 10 rings (SSSR count). The van der Waals surface area contributed by atoms with Crippen LogP contribution in [-0.2, 0) is 0 Å². The third-order valence-electron chi connectivity index (χ3n) is 9.42. The zero-order valence-corrected chi connectivity index (χ0v) is 23.6. The van der Waals surface area contributed by atoms with Crippen LogP contribution in [0.1, 0.15) is 10.9 Å². The Morgan fingerprint density at radius 3 is 2.12 bits per heavy atom. The summed E-state index contributed by atoms with van der Waals surface area (Å²) in [6, 6.07) is 49.3. The van der Waals surface area contributed by atoms with E-state index in [1.165, 1.54) is 76.2 Å². The number of para-hydroxylation sites is 1. The van der Waals surface area contributed by atoms with Crippen LogP contribution in [0.25, 0.3) is 60.9 Å². The summed E-state index contributed by atoms with van der Waals surface area (Å²) in [4.78, 5) is 3.02. The summed E-state index contributed by atoms with van der Waals surface area (Å²) in [5, 5.41) is 9.44. The molecule has 0 saturated carbocycles. The normalized spacial score (nSPS) is 20.4. The highest BCUT2D eigenvalue weighted by atomic mass is 32.3. The quantitative estimate of drug-likeness (QED) is 0.230. The maximum Gasteiger partial charge on any atom is 0.0939 e. The molecule has 0 aliphatic carbocycles. The second-order valence-corrected chi connectivity index (χ2v) is 14.5. The third kappa shape index (κ3) is 2.72. The molecule has 7 aromatic rings. The molecule has 0 amide bonds. The summed E-state index contributed by atoms with van der Waals surface area (Å²) in [5.74, 6) is 0. The number of benzene rings is 6. The van der Waals surface area contributed by atoms with Gasteiger partial charge in [0.1, 0.15) is 0 Å². The van der Waals surface area contributed by atoms with Crippen molar-refractivity contribution in [2.45, 2.75) is 15.2 Å². The van der Waals surface area contributed by atoms with Crippen LogP contribution < -0.4 is 5.32 Å². The van der Waals surface area contributed by atoms with Gasteiger partial charge in [0.25, 0.3) is 0 Å². The van der Waals surface area contributed by atoms with Gasteiger partial charge in [-0.15, -0.1) is 10.0 Å². The smallest absolute Gasteiger partial charge is 0.0939 e. The lowest BCUT2D eigenvalue weighted by Gasteiger charge is -2.41. The van der Waals surface area contributed by atoms with E-state index in [2.05, 4.69) is 155 Å². The number of nitrogens with zero attached hydrogens (tertiary/aromatic N) is 1. The zero-order chi connectivity index (χ0) is 27.4. The maximum atomic E-state index is 3.84. The minimum Gasteiger partial charge on any atom is -0.375 e. The SMILES string of the molecule is C1=CS23c4ccc(-c5cccc(-c6ccccc6)c5)cc4-c4ccc5c(c42)c2c(cccc2n5-c2ccccc2)C3N1. The molecule has 198 valence electrons. The molecule has 0 saturated heterocycles. The molecule has 2 atom stereocenters. The summed E-state index contributed by atoms with van der Waals surface area (Å²) >= 11 is 0. The molecule has 1 N–H and O–H groups in total. The van der Waals surface area contributed by atoms with Crippen molar-refractivity contribution in [1.29, 1.82) is 0 Å². The van der Waals surface area contributed by atoms with Crippen molar-refractivity contribution in [2.24, 2.45) is 0 Å². The van der Waals surface area contributed by atoms with E-state index < -0.39 is 10.0 Å². The Morgan fingerprint density at radius 1 is 0.548 bits per heavy atom. The maximum absolute atomic E-state index is 3.84. The van der Waals surface area contributed by atoms with E-state index >= 15 is 0 Å². The lowest BCUT2D eigenvalue weighted by Crippen LogP contribution is -2.18. The minimum absolute atomic E-state index is 0.248. The molecule has 3 aliphatic heterocycles. The van der Waals surface area contributed by atoms with Crippen LogP contribution in [0.4, 0.5) is 0 Å². The molecule has 3 aliphatic rings. The van der Waals surface area contributed by atoms with E-state index in [1.807, 2.05) is 0 Å². The minimum atomic E-state index is -1.44. The summed E-state index contributed by atoms with van der Waals surface area (Å²) < 4.78 is 2.47. The van der Waals surface area contributed by atoms with Gasteiger partial charge >= 0.3 is 0 Å². The highest BCUT2D eigenvalue weighted by Crippen LogP contribution is 2.83. The topological polar surface area (TPSA) is 17.0 Å². The second-order valence-electron chi connectivity index (χ2n) is 11.5. The molecule has 2 unspecified atom stereocenters. The highest BCUT2D eigenvalue weighted by Gasteiger charge is 2.50. The first-order valence-electron chi connectivity index (χ1n) is 14.5. The van der Waals surface area contributed by atoms with Crippen LogP contribution in [0.2, 0.25) is 0 Å². The zero-order valence-electron chi connectivity index (χ0n) is 22.8. The van der Waals surface area contributed by atoms with E-state index in [4.69, 9.17) is 0 Å². The molecule has 1 aromatic heterocycles. The third-order valence-corrected chi connectivity index (χ3v) is 13.3. The summed E-state index contributed by atoms with van der Waals surface area (Å²) in [7, 11) is -1.44. The number of rotatable bonds is 3. The van der Waals surface area contributed by atoms with E-state index in [9.17, 15) is 0 Å². The Bertz CT molecular complexity index is 2280. The van der Waals surface area contributed by atoms with Gasteiger partial charge in [0.05, 0.1) is 16.4 Å². The van der Waals surface area contributed by atoms with Gasteiger partial charge in [-0.2, -0.15) is 0 Å². The van der Waals surface area contributed by atoms with E-state index in [-0.39, 0.29) is 5.37 Å². The van der Waals surface area contributed by atoms with E-state index in [0.717, 1.165) is 0 Å². The van der Waals surface area contributed by atoms with Crippen molar-refractivity contribution in [2.75, 3.05) is 0 Å². The Hall–Kier alpha value is -4.99. The van der Waals surface area contributed by atoms with Crippen molar-refractivity contribution in [1.82, 2.24) is 9.88 Å². The molecule has 2 nitrogen and oxygen atoms in total. The largest absolute Gasteiger partial charge is 0.375 e. The molecule has 4 heterocycles. The fraction of sp³-hybridized carbons (Fsp3) is 0.0256. The molecule has 0 radical (unpaired) electrons. The average Bonchev–Trinajstić information content (AvgIpc) is 3.74. The summed E-state index contributed by atoms with van der Waals surface area (Å²) in [5.41, 5.74) is 13.0. The lowest BCUT2D eigenvalue weighted by atomic mass is 9.95. The first-order chi connectivity index (χ1) is 20.8. The predicted octanol–water partition coefficient (Wildman–Crippen LogP) is 10.4. The van der Waals surface area contributed by atoms with E-state index in [1.54, 1.807) is 0 Å². The molecule has 3 heteroatoms.